The van der Waals surface area contributed by atoms with E-state index in [1.54, 1.807) is 6.92 Å². The van der Waals surface area contributed by atoms with Gasteiger partial charge in [0.15, 0.2) is 0 Å². The predicted molar refractivity (Wildman–Crippen MR) is 74.0 cm³/mol. The lowest BCUT2D eigenvalue weighted by Gasteiger charge is -2.15. The number of terminal acetylenes is 1. The lowest BCUT2D eigenvalue weighted by Crippen LogP contribution is -2.36. The molecule has 0 spiro atoms. The zero-order valence-electron chi connectivity index (χ0n) is 11.1. The van der Waals surface area contributed by atoms with Gasteiger partial charge in [-0.2, -0.15) is 0 Å². The normalized spacial score (nSPS) is 11.3. The van der Waals surface area contributed by atoms with Crippen molar-refractivity contribution in [1.29, 1.82) is 0 Å². The molecule has 1 aromatic carbocycles. The first-order chi connectivity index (χ1) is 9.56. The SMILES string of the molecule is C#CCOc1ccc(F)cc1NC(=O)N[C@H](C)CCO. The van der Waals surface area contributed by atoms with Crippen LogP contribution in [0.1, 0.15) is 13.3 Å². The van der Waals surface area contributed by atoms with Gasteiger partial charge in [0.25, 0.3) is 0 Å². The van der Waals surface area contributed by atoms with E-state index in [1.807, 2.05) is 0 Å². The molecule has 108 valence electrons. The molecule has 0 unspecified atom stereocenters. The molecule has 1 atom stereocenters. The van der Waals surface area contributed by atoms with Gasteiger partial charge >= 0.3 is 6.03 Å². The lowest BCUT2D eigenvalue weighted by atomic mass is 10.2. The first-order valence-corrected chi connectivity index (χ1v) is 6.11. The lowest BCUT2D eigenvalue weighted by molar-refractivity contribution is 0.241. The quantitative estimate of drug-likeness (QED) is 0.695. The van der Waals surface area contributed by atoms with Crippen molar-refractivity contribution in [2.24, 2.45) is 0 Å². The van der Waals surface area contributed by atoms with Crippen molar-refractivity contribution < 1.29 is 19.0 Å². The fourth-order valence-corrected chi connectivity index (χ4v) is 1.49. The number of ether oxygens (including phenoxy) is 1. The van der Waals surface area contributed by atoms with Crippen molar-refractivity contribution >= 4 is 11.7 Å². The Labute approximate surface area is 117 Å². The summed E-state index contributed by atoms with van der Waals surface area (Å²) in [5, 5.41) is 13.8. The van der Waals surface area contributed by atoms with Gasteiger partial charge in [0.2, 0.25) is 0 Å². The molecule has 1 rings (SSSR count). The Kier molecular flexibility index (Phi) is 6.33. The maximum absolute atomic E-state index is 13.2. The minimum absolute atomic E-state index is 0.0167. The van der Waals surface area contributed by atoms with E-state index in [0.29, 0.717) is 6.42 Å². The maximum atomic E-state index is 13.2. The fourth-order valence-electron chi connectivity index (χ4n) is 1.49. The van der Waals surface area contributed by atoms with E-state index in [9.17, 15) is 9.18 Å². The summed E-state index contributed by atoms with van der Waals surface area (Å²) in [6.07, 6.45) is 5.51. The predicted octanol–water partition coefficient (Wildman–Crippen LogP) is 1.73. The third kappa shape index (κ3) is 5.16. The summed E-state index contributed by atoms with van der Waals surface area (Å²) in [5.41, 5.74) is 0.189. The number of aliphatic hydroxyl groups excluding tert-OH is 1. The molecule has 0 aromatic heterocycles. The van der Waals surface area contributed by atoms with Crippen LogP contribution in [0.5, 0.6) is 5.75 Å². The molecule has 0 radical (unpaired) electrons. The summed E-state index contributed by atoms with van der Waals surface area (Å²) in [4.78, 5) is 11.7. The van der Waals surface area contributed by atoms with Gasteiger partial charge in [-0.3, -0.25) is 0 Å². The number of halogens is 1. The van der Waals surface area contributed by atoms with Crippen LogP contribution in [0, 0.1) is 18.2 Å². The number of hydrogen-bond acceptors (Lipinski definition) is 3. The van der Waals surface area contributed by atoms with E-state index in [1.165, 1.54) is 12.1 Å². The van der Waals surface area contributed by atoms with E-state index < -0.39 is 11.8 Å². The van der Waals surface area contributed by atoms with Crippen molar-refractivity contribution in [2.45, 2.75) is 19.4 Å². The average molecular weight is 280 g/mol. The number of hydrogen-bond donors (Lipinski definition) is 3. The molecule has 5 nitrogen and oxygen atoms in total. The molecule has 3 N–H and O–H groups in total. The topological polar surface area (TPSA) is 70.6 Å². The van der Waals surface area contributed by atoms with Crippen LogP contribution in [0.4, 0.5) is 14.9 Å². The molecule has 0 saturated heterocycles. The van der Waals surface area contributed by atoms with E-state index in [2.05, 4.69) is 16.6 Å². The molecular formula is C14H17FN2O3. The van der Waals surface area contributed by atoms with Gasteiger partial charge in [-0.15, -0.1) is 6.42 Å². The second-order valence-corrected chi connectivity index (χ2v) is 4.15. The molecule has 20 heavy (non-hydrogen) atoms. The van der Waals surface area contributed by atoms with Crippen molar-refractivity contribution in [1.82, 2.24) is 5.32 Å². The third-order valence-corrected chi connectivity index (χ3v) is 2.44. The van der Waals surface area contributed by atoms with Crippen molar-refractivity contribution in [2.75, 3.05) is 18.5 Å². The number of nitrogens with one attached hydrogen (secondary N) is 2. The summed E-state index contributed by atoms with van der Waals surface area (Å²) >= 11 is 0. The average Bonchev–Trinajstić information content (AvgIpc) is 2.37. The molecule has 6 heteroatoms. The highest BCUT2D eigenvalue weighted by Gasteiger charge is 2.11. The number of carbonyl (C=O) groups is 1. The molecule has 0 aliphatic heterocycles. The Morgan fingerprint density at radius 2 is 2.35 bits per heavy atom. The van der Waals surface area contributed by atoms with Crippen LogP contribution in [0.15, 0.2) is 18.2 Å². The first kappa shape index (κ1) is 15.8. The summed E-state index contributed by atoms with van der Waals surface area (Å²) in [6, 6.07) is 3.02. The van der Waals surface area contributed by atoms with Gasteiger partial charge in [-0.1, -0.05) is 5.92 Å². The van der Waals surface area contributed by atoms with Crippen LogP contribution < -0.4 is 15.4 Å². The first-order valence-electron chi connectivity index (χ1n) is 6.11. The van der Waals surface area contributed by atoms with Gasteiger partial charge in [-0.05, 0) is 25.5 Å². The second-order valence-electron chi connectivity index (χ2n) is 4.15. The Morgan fingerprint density at radius 3 is 3.00 bits per heavy atom. The zero-order valence-corrected chi connectivity index (χ0v) is 11.1. The Hall–Kier alpha value is -2.26. The van der Waals surface area contributed by atoms with E-state index in [-0.39, 0.29) is 30.7 Å². The number of benzene rings is 1. The molecule has 0 bridgehead atoms. The molecular weight excluding hydrogens is 263 g/mol. The van der Waals surface area contributed by atoms with Gasteiger partial charge in [0.05, 0.1) is 5.69 Å². The standard InChI is InChI=1S/C14H17FN2O3/c1-3-8-20-13-5-4-11(15)9-12(13)17-14(19)16-10(2)6-7-18/h1,4-5,9-10,18H,6-8H2,2H3,(H2,16,17,19)/t10-/m1/s1. The molecule has 0 fully saturated rings. The number of urea groups is 1. The summed E-state index contributed by atoms with van der Waals surface area (Å²) in [6.45, 7) is 1.73. The van der Waals surface area contributed by atoms with E-state index >= 15 is 0 Å². The van der Waals surface area contributed by atoms with Crippen LogP contribution in [0.3, 0.4) is 0 Å². The highest BCUT2D eigenvalue weighted by Crippen LogP contribution is 2.25. The zero-order chi connectivity index (χ0) is 15.0. The Balaban J connectivity index is 2.72. The molecule has 0 saturated carbocycles. The number of amides is 2. The minimum Gasteiger partial charge on any atom is -0.479 e. The summed E-state index contributed by atoms with van der Waals surface area (Å²) in [5.74, 6) is 2.07. The van der Waals surface area contributed by atoms with Crippen molar-refractivity contribution in [3.8, 4) is 18.1 Å². The third-order valence-electron chi connectivity index (χ3n) is 2.44. The van der Waals surface area contributed by atoms with Gasteiger partial charge < -0.3 is 20.5 Å². The highest BCUT2D eigenvalue weighted by atomic mass is 19.1. The summed E-state index contributed by atoms with van der Waals surface area (Å²) < 4.78 is 18.4. The smallest absolute Gasteiger partial charge is 0.319 e. The Bertz CT molecular complexity index is 500. The molecule has 2 amide bonds. The van der Waals surface area contributed by atoms with Crippen LogP contribution >= 0.6 is 0 Å². The van der Waals surface area contributed by atoms with Crippen LogP contribution in [-0.2, 0) is 0 Å². The monoisotopic (exact) mass is 280 g/mol. The van der Waals surface area contributed by atoms with Crippen LogP contribution in [0.25, 0.3) is 0 Å². The second kappa shape index (κ2) is 8.02. The van der Waals surface area contributed by atoms with Crippen molar-refractivity contribution in [3.05, 3.63) is 24.0 Å². The van der Waals surface area contributed by atoms with E-state index in [0.717, 1.165) is 6.07 Å². The van der Waals surface area contributed by atoms with Crippen LogP contribution in [0.2, 0.25) is 0 Å². The molecule has 0 heterocycles. The fraction of sp³-hybridized carbons (Fsp3) is 0.357. The number of carbonyl (C=O) groups excluding carboxylic acids is 1. The number of rotatable bonds is 6. The highest BCUT2D eigenvalue weighted by molar-refractivity contribution is 5.91. The Morgan fingerprint density at radius 1 is 1.60 bits per heavy atom. The largest absolute Gasteiger partial charge is 0.479 e. The molecule has 0 aliphatic rings. The summed E-state index contributed by atoms with van der Waals surface area (Å²) in [7, 11) is 0. The van der Waals surface area contributed by atoms with Gasteiger partial charge in [-0.25, -0.2) is 9.18 Å². The molecule has 0 aliphatic carbocycles. The number of anilines is 1. The molecule has 1 aromatic rings. The van der Waals surface area contributed by atoms with Gasteiger partial charge in [0, 0.05) is 18.7 Å². The minimum atomic E-state index is -0.512. The van der Waals surface area contributed by atoms with Gasteiger partial charge in [0.1, 0.15) is 18.2 Å². The van der Waals surface area contributed by atoms with E-state index in [4.69, 9.17) is 16.3 Å². The van der Waals surface area contributed by atoms with Crippen LogP contribution in [-0.4, -0.2) is 30.4 Å². The maximum Gasteiger partial charge on any atom is 0.319 e. The van der Waals surface area contributed by atoms with Crippen molar-refractivity contribution in [3.63, 3.8) is 0 Å². The number of aliphatic hydroxyl groups is 1.